The lowest BCUT2D eigenvalue weighted by Gasteiger charge is -2.68. The van der Waals surface area contributed by atoms with Crippen LogP contribution < -0.4 is 10.1 Å². The molecule has 0 spiro atoms. The van der Waals surface area contributed by atoms with Gasteiger partial charge in [0.1, 0.15) is 11.6 Å². The lowest BCUT2D eigenvalue weighted by Crippen LogP contribution is -2.77. The van der Waals surface area contributed by atoms with Crippen molar-refractivity contribution in [1.29, 1.82) is 0 Å². The summed E-state index contributed by atoms with van der Waals surface area (Å²) in [5.41, 5.74) is -0.658. The summed E-state index contributed by atoms with van der Waals surface area (Å²) >= 11 is 5.61. The molecule has 2 aromatic rings. The Balaban J connectivity index is 1.08. The van der Waals surface area contributed by atoms with Gasteiger partial charge in [0, 0.05) is 17.5 Å². The number of nitrogens with zero attached hydrogens (tertiary/aromatic N) is 2. The van der Waals surface area contributed by atoms with Crippen LogP contribution in [0.3, 0.4) is 0 Å². The summed E-state index contributed by atoms with van der Waals surface area (Å²) in [7, 11) is 0. The molecule has 1 aromatic heterocycles. The lowest BCUT2D eigenvalue weighted by atomic mass is 9.39. The number of nitrogens with one attached hydrogen (secondary N) is 1. The summed E-state index contributed by atoms with van der Waals surface area (Å²) in [5.74, 6) is -0.456. The Bertz CT molecular complexity index is 1040. The van der Waals surface area contributed by atoms with Gasteiger partial charge in [-0.3, -0.25) is 9.53 Å². The molecule has 1 aromatic carbocycles. The number of hydrogen-bond acceptors (Lipinski definition) is 6. The highest BCUT2D eigenvalue weighted by atomic mass is 35.5. The van der Waals surface area contributed by atoms with Gasteiger partial charge in [0.2, 0.25) is 11.8 Å². The van der Waals surface area contributed by atoms with E-state index in [4.69, 9.17) is 20.8 Å². The normalized spacial score (nSPS) is 30.3. The molecule has 4 aliphatic rings. The zero-order chi connectivity index (χ0) is 22.7. The first-order chi connectivity index (χ1) is 15.1. The smallest absolute Gasteiger partial charge is 0.484 e. The molecule has 1 amide bonds. The molecular formula is C20H18ClF4N3O4. The van der Waals surface area contributed by atoms with E-state index in [1.807, 2.05) is 0 Å². The van der Waals surface area contributed by atoms with E-state index in [2.05, 4.69) is 20.3 Å². The lowest BCUT2D eigenvalue weighted by molar-refractivity contribution is -0.326. The summed E-state index contributed by atoms with van der Waals surface area (Å²) in [5, 5.41) is 11.0. The average Bonchev–Trinajstić information content (AvgIpc) is 3.29. The van der Waals surface area contributed by atoms with Gasteiger partial charge in [-0.2, -0.15) is 0 Å². The van der Waals surface area contributed by atoms with Gasteiger partial charge in [-0.25, -0.2) is 4.39 Å². The summed E-state index contributed by atoms with van der Waals surface area (Å²) in [6, 6.07) is 3.93. The number of ether oxygens (including phenoxy) is 2. The van der Waals surface area contributed by atoms with Crippen molar-refractivity contribution in [3.05, 3.63) is 40.8 Å². The van der Waals surface area contributed by atoms with Crippen molar-refractivity contribution in [3.63, 3.8) is 0 Å². The van der Waals surface area contributed by atoms with Crippen LogP contribution in [0.25, 0.3) is 0 Å². The molecular weight excluding hydrogens is 458 g/mol. The number of aromatic nitrogens is 2. The second kappa shape index (κ2) is 7.31. The number of halogens is 5. The van der Waals surface area contributed by atoms with Crippen molar-refractivity contribution in [2.45, 2.75) is 48.9 Å². The standard InChI is InChI=1S/C20H18ClF4N3O4/c21-13-2-1-11(4-14(13)22)30-6-15(29)26-19-7-18(8-19,9-19)17-28-27-16(32-17)12-3-10(12)5-31-20(23,24)25/h1-2,4,10,12H,3,5-9H2,(H,26,29)/t10-,12?,18?,19?/m0/s1. The number of benzene rings is 1. The molecule has 172 valence electrons. The Hall–Kier alpha value is -2.40. The van der Waals surface area contributed by atoms with E-state index in [0.29, 0.717) is 37.5 Å². The van der Waals surface area contributed by atoms with Gasteiger partial charge in [0.25, 0.3) is 5.91 Å². The maximum absolute atomic E-state index is 13.4. The third-order valence-electron chi connectivity index (χ3n) is 6.29. The molecule has 0 radical (unpaired) electrons. The molecule has 6 rings (SSSR count). The minimum atomic E-state index is -4.65. The Morgan fingerprint density at radius 2 is 2.03 bits per heavy atom. The molecule has 0 aliphatic heterocycles. The molecule has 2 bridgehead atoms. The molecule has 1 heterocycles. The zero-order valence-corrected chi connectivity index (χ0v) is 17.3. The van der Waals surface area contributed by atoms with Gasteiger partial charge in [-0.05, 0) is 43.7 Å². The molecule has 4 fully saturated rings. The van der Waals surface area contributed by atoms with E-state index in [0.717, 1.165) is 6.07 Å². The van der Waals surface area contributed by atoms with Crippen molar-refractivity contribution in [2.75, 3.05) is 13.2 Å². The molecule has 4 aliphatic carbocycles. The van der Waals surface area contributed by atoms with Gasteiger partial charge in [0.15, 0.2) is 6.61 Å². The number of alkyl halides is 3. The van der Waals surface area contributed by atoms with E-state index in [1.54, 1.807) is 0 Å². The second-order valence-electron chi connectivity index (χ2n) is 8.81. The Kier molecular flexibility index (Phi) is 4.90. The van der Waals surface area contributed by atoms with Crippen LogP contribution in [0.1, 0.15) is 43.4 Å². The van der Waals surface area contributed by atoms with E-state index >= 15 is 0 Å². The van der Waals surface area contributed by atoms with Gasteiger partial charge < -0.3 is 14.5 Å². The summed E-state index contributed by atoms with van der Waals surface area (Å²) < 4.78 is 64.8. The summed E-state index contributed by atoms with van der Waals surface area (Å²) in [4.78, 5) is 12.2. The quantitative estimate of drug-likeness (QED) is 0.583. The van der Waals surface area contributed by atoms with Gasteiger partial charge in [0.05, 0.1) is 17.0 Å². The number of amides is 1. The average molecular weight is 476 g/mol. The van der Waals surface area contributed by atoms with Crippen LogP contribution in [0.5, 0.6) is 5.75 Å². The highest BCUT2D eigenvalue weighted by molar-refractivity contribution is 6.30. The van der Waals surface area contributed by atoms with Crippen molar-refractivity contribution in [1.82, 2.24) is 15.5 Å². The fraction of sp³-hybridized carbons (Fsp3) is 0.550. The van der Waals surface area contributed by atoms with Gasteiger partial charge in [-0.15, -0.1) is 23.4 Å². The number of hydrogen-bond donors (Lipinski definition) is 1. The molecule has 1 unspecified atom stereocenters. The molecule has 32 heavy (non-hydrogen) atoms. The number of rotatable bonds is 8. The van der Waals surface area contributed by atoms with E-state index in [9.17, 15) is 22.4 Å². The number of carbonyl (C=O) groups excluding carboxylic acids is 1. The van der Waals surface area contributed by atoms with Crippen LogP contribution in [0.2, 0.25) is 5.02 Å². The van der Waals surface area contributed by atoms with Crippen LogP contribution in [-0.4, -0.2) is 41.2 Å². The van der Waals surface area contributed by atoms with E-state index in [-0.39, 0.29) is 46.1 Å². The van der Waals surface area contributed by atoms with Gasteiger partial charge in [-0.1, -0.05) is 11.6 Å². The van der Waals surface area contributed by atoms with Crippen LogP contribution in [0.4, 0.5) is 17.6 Å². The largest absolute Gasteiger partial charge is 0.522 e. The second-order valence-corrected chi connectivity index (χ2v) is 9.22. The summed E-state index contributed by atoms with van der Waals surface area (Å²) in [6.07, 6.45) is -2.23. The van der Waals surface area contributed by atoms with Gasteiger partial charge >= 0.3 is 6.36 Å². The Morgan fingerprint density at radius 1 is 1.28 bits per heavy atom. The first-order valence-corrected chi connectivity index (χ1v) is 10.4. The predicted molar refractivity (Wildman–Crippen MR) is 100 cm³/mol. The minimum absolute atomic E-state index is 0.0306. The topological polar surface area (TPSA) is 86.5 Å². The fourth-order valence-corrected chi connectivity index (χ4v) is 4.85. The van der Waals surface area contributed by atoms with Crippen LogP contribution >= 0.6 is 11.6 Å². The zero-order valence-electron chi connectivity index (χ0n) is 16.5. The number of carbonyl (C=O) groups is 1. The Morgan fingerprint density at radius 3 is 2.72 bits per heavy atom. The summed E-state index contributed by atoms with van der Waals surface area (Å²) in [6.45, 7) is -0.680. The molecule has 2 atom stereocenters. The monoisotopic (exact) mass is 475 g/mol. The Labute approximate surface area is 184 Å². The first kappa shape index (κ1) is 21.4. The minimum Gasteiger partial charge on any atom is -0.484 e. The molecule has 0 saturated heterocycles. The van der Waals surface area contributed by atoms with Crippen molar-refractivity contribution in [3.8, 4) is 5.75 Å². The van der Waals surface area contributed by atoms with Crippen LogP contribution in [0.15, 0.2) is 22.6 Å². The van der Waals surface area contributed by atoms with Crippen LogP contribution in [-0.2, 0) is 14.9 Å². The maximum atomic E-state index is 13.4. The van der Waals surface area contributed by atoms with Crippen molar-refractivity contribution >= 4 is 17.5 Å². The first-order valence-electron chi connectivity index (χ1n) is 10.00. The molecule has 4 saturated carbocycles. The van der Waals surface area contributed by atoms with E-state index < -0.39 is 18.8 Å². The van der Waals surface area contributed by atoms with Crippen molar-refractivity contribution < 1.29 is 36.2 Å². The SMILES string of the molecule is O=C(COc1ccc(Cl)c(F)c1)NC12CC(c3nnc(C4C[C@H]4COC(F)(F)F)o3)(C1)C2. The third kappa shape index (κ3) is 4.03. The van der Waals surface area contributed by atoms with E-state index in [1.165, 1.54) is 12.1 Å². The molecule has 12 heteroatoms. The maximum Gasteiger partial charge on any atom is 0.522 e. The predicted octanol–water partition coefficient (Wildman–Crippen LogP) is 3.87. The fourth-order valence-electron chi connectivity index (χ4n) is 4.73. The van der Waals surface area contributed by atoms with Crippen molar-refractivity contribution in [2.24, 2.45) is 5.92 Å². The highest BCUT2D eigenvalue weighted by Gasteiger charge is 2.72. The van der Waals surface area contributed by atoms with Crippen LogP contribution in [0, 0.1) is 11.7 Å². The molecule has 1 N–H and O–H groups in total. The highest BCUT2D eigenvalue weighted by Crippen LogP contribution is 2.67. The molecule has 7 nitrogen and oxygen atoms in total. The third-order valence-corrected chi connectivity index (χ3v) is 6.60.